The molecule has 3 atom stereocenters. The third kappa shape index (κ3) is 3.80. The lowest BCUT2D eigenvalue weighted by Gasteiger charge is -2.36. The third-order valence-electron chi connectivity index (χ3n) is 6.83. The molecule has 1 aliphatic carbocycles. The summed E-state index contributed by atoms with van der Waals surface area (Å²) in [6, 6.07) is 15.4. The van der Waals surface area contributed by atoms with Crippen LogP contribution in [0.4, 0.5) is 5.69 Å². The van der Waals surface area contributed by atoms with Crippen LogP contribution in [0.3, 0.4) is 0 Å². The van der Waals surface area contributed by atoms with Gasteiger partial charge in [0.25, 0.3) is 10.2 Å². The summed E-state index contributed by atoms with van der Waals surface area (Å²) in [5.41, 5.74) is 1.27. The van der Waals surface area contributed by atoms with Crippen LogP contribution in [0.25, 0.3) is 10.2 Å². The number of carbonyl (C=O) groups is 1. The Morgan fingerprint density at radius 1 is 1.15 bits per heavy atom. The zero-order chi connectivity index (χ0) is 23.4. The summed E-state index contributed by atoms with van der Waals surface area (Å²) in [6.45, 7) is 5.37. The molecule has 33 heavy (non-hydrogen) atoms. The van der Waals surface area contributed by atoms with Gasteiger partial charge in [-0.05, 0) is 36.6 Å². The van der Waals surface area contributed by atoms with Crippen LogP contribution in [0, 0.1) is 12.8 Å². The Labute approximate surface area is 197 Å². The average Bonchev–Trinajstić information content (AvgIpc) is 3.19. The number of carboxylic acid groups (broad SMARTS) is 1. The van der Waals surface area contributed by atoms with Gasteiger partial charge >= 0.3 is 5.97 Å². The Hall–Kier alpha value is -2.53. The second-order valence-corrected chi connectivity index (χ2v) is 11.6. The molecule has 0 bridgehead atoms. The number of nitrogens with zero attached hydrogens (tertiary/aromatic N) is 3. The van der Waals surface area contributed by atoms with E-state index in [0.717, 1.165) is 26.5 Å². The lowest BCUT2D eigenvalue weighted by molar-refractivity contribution is -0.140. The summed E-state index contributed by atoms with van der Waals surface area (Å²) in [4.78, 5) is 18.9. The van der Waals surface area contributed by atoms with Crippen LogP contribution in [0.2, 0.25) is 0 Å². The summed E-state index contributed by atoms with van der Waals surface area (Å²) in [5, 5.41) is 11.0. The van der Waals surface area contributed by atoms with Crippen LogP contribution in [0.5, 0.6) is 0 Å². The molecule has 174 valence electrons. The lowest BCUT2D eigenvalue weighted by atomic mass is 10.1. The first-order valence-electron chi connectivity index (χ1n) is 10.9. The van der Waals surface area contributed by atoms with Crippen molar-refractivity contribution in [2.45, 2.75) is 25.3 Å². The fraction of sp³-hybridized carbons (Fsp3) is 0.391. The van der Waals surface area contributed by atoms with Gasteiger partial charge in [0.15, 0.2) is 0 Å². The Kier molecular flexibility index (Phi) is 5.43. The highest BCUT2D eigenvalue weighted by molar-refractivity contribution is 7.87. The van der Waals surface area contributed by atoms with Crippen LogP contribution in [0.1, 0.15) is 23.4 Å². The molecule has 1 saturated heterocycles. The van der Waals surface area contributed by atoms with Gasteiger partial charge < -0.3 is 10.0 Å². The molecule has 2 aromatic carbocycles. The quantitative estimate of drug-likeness (QED) is 0.556. The molecular formula is C23H26N4O4S2. The van der Waals surface area contributed by atoms with Gasteiger partial charge in [-0.3, -0.25) is 4.79 Å². The van der Waals surface area contributed by atoms with E-state index in [0.29, 0.717) is 13.1 Å². The molecule has 1 saturated carbocycles. The maximum atomic E-state index is 13.2. The molecule has 1 aliphatic heterocycles. The van der Waals surface area contributed by atoms with E-state index in [1.807, 2.05) is 49.4 Å². The SMILES string of the molecule is Cc1nc2cc(N3CCN(S(=O)(=O)N[C@@]4(C(=O)O)C(C)[C@H]4c4ccccc4)CC3)ccc2s1. The highest BCUT2D eigenvalue weighted by Gasteiger charge is 2.70. The summed E-state index contributed by atoms with van der Waals surface area (Å²) in [6.07, 6.45) is 0. The van der Waals surface area contributed by atoms with E-state index in [1.54, 1.807) is 18.3 Å². The second kappa shape index (κ2) is 8.05. The number of carboxylic acids is 1. The van der Waals surface area contributed by atoms with Crippen molar-refractivity contribution < 1.29 is 18.3 Å². The van der Waals surface area contributed by atoms with Crippen LogP contribution in [-0.2, 0) is 15.0 Å². The molecule has 2 aliphatic rings. The molecule has 2 heterocycles. The summed E-state index contributed by atoms with van der Waals surface area (Å²) >= 11 is 1.65. The minimum Gasteiger partial charge on any atom is -0.480 e. The molecule has 1 aromatic heterocycles. The molecule has 8 nitrogen and oxygen atoms in total. The Morgan fingerprint density at radius 3 is 2.52 bits per heavy atom. The molecule has 3 aromatic rings. The van der Waals surface area contributed by atoms with Crippen LogP contribution in [0.15, 0.2) is 48.5 Å². The predicted octanol–water partition coefficient (Wildman–Crippen LogP) is 2.82. The van der Waals surface area contributed by atoms with Crippen molar-refractivity contribution >= 4 is 43.4 Å². The number of aromatic nitrogens is 1. The molecular weight excluding hydrogens is 460 g/mol. The van der Waals surface area contributed by atoms with Crippen molar-refractivity contribution in [3.8, 4) is 0 Å². The molecule has 0 radical (unpaired) electrons. The maximum Gasteiger partial charge on any atom is 0.325 e. The molecule has 0 amide bonds. The van der Waals surface area contributed by atoms with Gasteiger partial charge in [-0.2, -0.15) is 17.4 Å². The number of aryl methyl sites for hydroxylation is 1. The van der Waals surface area contributed by atoms with Gasteiger partial charge in [-0.1, -0.05) is 37.3 Å². The third-order valence-corrected chi connectivity index (χ3v) is 9.42. The average molecular weight is 487 g/mol. The largest absolute Gasteiger partial charge is 0.480 e. The molecule has 1 unspecified atom stereocenters. The normalized spacial score (nSPS) is 25.9. The number of nitrogens with one attached hydrogen (secondary N) is 1. The molecule has 10 heteroatoms. The smallest absolute Gasteiger partial charge is 0.325 e. The minimum absolute atomic E-state index is 0.281. The minimum atomic E-state index is -3.97. The van der Waals surface area contributed by atoms with Crippen molar-refractivity contribution in [3.63, 3.8) is 0 Å². The number of piperazine rings is 1. The Bertz CT molecular complexity index is 1300. The van der Waals surface area contributed by atoms with Gasteiger partial charge in [-0.15, -0.1) is 11.3 Å². The highest BCUT2D eigenvalue weighted by Crippen LogP contribution is 2.57. The summed E-state index contributed by atoms with van der Waals surface area (Å²) < 4.78 is 31.5. The van der Waals surface area contributed by atoms with E-state index < -0.39 is 27.6 Å². The number of hydrogen-bond donors (Lipinski definition) is 2. The zero-order valence-electron chi connectivity index (χ0n) is 18.4. The van der Waals surface area contributed by atoms with E-state index in [4.69, 9.17) is 0 Å². The van der Waals surface area contributed by atoms with Crippen molar-refractivity contribution in [1.29, 1.82) is 0 Å². The molecule has 2 N–H and O–H groups in total. The summed E-state index contributed by atoms with van der Waals surface area (Å²) in [7, 11) is -3.97. The maximum absolute atomic E-state index is 13.2. The molecule has 5 rings (SSSR count). The predicted molar refractivity (Wildman–Crippen MR) is 129 cm³/mol. The van der Waals surface area contributed by atoms with Gasteiger partial charge in [0, 0.05) is 37.8 Å². The zero-order valence-corrected chi connectivity index (χ0v) is 20.1. The monoisotopic (exact) mass is 486 g/mol. The van der Waals surface area contributed by atoms with Crippen LogP contribution in [-0.4, -0.2) is 60.5 Å². The van der Waals surface area contributed by atoms with E-state index >= 15 is 0 Å². The summed E-state index contributed by atoms with van der Waals surface area (Å²) in [5.74, 6) is -1.89. The topological polar surface area (TPSA) is 103 Å². The number of anilines is 1. The molecule has 0 spiro atoms. The van der Waals surface area contributed by atoms with Gasteiger partial charge in [0.1, 0.15) is 5.54 Å². The van der Waals surface area contributed by atoms with Crippen molar-refractivity contribution in [2.75, 3.05) is 31.1 Å². The fourth-order valence-corrected chi connectivity index (χ4v) is 7.40. The number of thiazole rings is 1. The highest BCUT2D eigenvalue weighted by atomic mass is 32.2. The second-order valence-electron chi connectivity index (χ2n) is 8.73. The fourth-order valence-electron chi connectivity index (χ4n) is 4.99. The molecule has 2 fully saturated rings. The van der Waals surface area contributed by atoms with Crippen molar-refractivity contribution in [1.82, 2.24) is 14.0 Å². The van der Waals surface area contributed by atoms with Crippen LogP contribution < -0.4 is 9.62 Å². The standard InChI is InChI=1S/C23H26N4O4S2/c1-15-21(17-6-4-3-5-7-17)23(15,22(28)29)25-33(30,31)27-12-10-26(11-13-27)18-8-9-20-19(14-18)24-16(2)32-20/h3-9,14-15,21,25H,10-13H2,1-2H3,(H,28,29)/t15?,21-,23-/m0/s1. The Morgan fingerprint density at radius 2 is 1.85 bits per heavy atom. The van der Waals surface area contributed by atoms with E-state index in [9.17, 15) is 18.3 Å². The number of benzene rings is 2. The number of hydrogen-bond acceptors (Lipinski definition) is 6. The van der Waals surface area contributed by atoms with Crippen molar-refractivity contribution in [2.24, 2.45) is 5.92 Å². The number of rotatable bonds is 6. The van der Waals surface area contributed by atoms with Crippen LogP contribution >= 0.6 is 11.3 Å². The van der Waals surface area contributed by atoms with Crippen molar-refractivity contribution in [3.05, 3.63) is 59.1 Å². The lowest BCUT2D eigenvalue weighted by Crippen LogP contribution is -2.56. The number of fused-ring (bicyclic) bond motifs is 1. The van der Waals surface area contributed by atoms with Gasteiger partial charge in [0.2, 0.25) is 0 Å². The van der Waals surface area contributed by atoms with Gasteiger partial charge in [0.05, 0.1) is 15.2 Å². The first-order chi connectivity index (χ1) is 15.7. The van der Waals surface area contributed by atoms with E-state index in [-0.39, 0.29) is 19.0 Å². The van der Waals surface area contributed by atoms with E-state index in [1.165, 1.54) is 4.31 Å². The number of aliphatic carboxylic acids is 1. The first kappa shape index (κ1) is 22.3. The Balaban J connectivity index is 1.30. The van der Waals surface area contributed by atoms with Gasteiger partial charge in [-0.25, -0.2) is 4.98 Å². The van der Waals surface area contributed by atoms with E-state index in [2.05, 4.69) is 20.7 Å². The first-order valence-corrected chi connectivity index (χ1v) is 13.2.